The highest BCUT2D eigenvalue weighted by Crippen LogP contribution is 2.41. The summed E-state index contributed by atoms with van der Waals surface area (Å²) in [6.07, 6.45) is -4.85. The number of aromatic hydroxyl groups is 1. The van der Waals surface area contributed by atoms with E-state index in [1.165, 1.54) is 14.1 Å². The quantitative estimate of drug-likeness (QED) is 0.394. The number of nitrogens with zero attached hydrogens (tertiary/aromatic N) is 2. The summed E-state index contributed by atoms with van der Waals surface area (Å²) in [7, 11) is 2.56. The SMILES string of the molecule is Cc1ccc([C@H]([NH+]=C(N)C(N)=Nc2ccc(C(F)(F)F)c(C(=O)N(C)C)c2O)C(C)(C)C)s1. The highest BCUT2D eigenvalue weighted by Gasteiger charge is 2.38. The molecular weight excluding hydrogens is 455 g/mol. The van der Waals surface area contributed by atoms with E-state index < -0.39 is 29.0 Å². The van der Waals surface area contributed by atoms with Crippen LogP contribution < -0.4 is 16.5 Å². The lowest BCUT2D eigenvalue weighted by Gasteiger charge is -2.24. The molecule has 1 aromatic heterocycles. The third-order valence-corrected chi connectivity index (χ3v) is 5.88. The molecule has 0 aliphatic carbocycles. The Morgan fingerprint density at radius 1 is 1.15 bits per heavy atom. The summed E-state index contributed by atoms with van der Waals surface area (Å²) >= 11 is 1.59. The standard InChI is InChI=1S/C22H28F3N5O2S/c1-11-7-10-14(33-11)17(21(2,3)4)29-19(27)18(26)28-13-9-8-12(22(23,24)25)15(16(13)31)20(32)30(5)6/h7-10,17,31H,1-6H3,(H2,26,28)(H2,27,29)/p+1/t17-/m0/s1. The number of phenolic OH excluding ortho intramolecular Hbond substituents is 1. The van der Waals surface area contributed by atoms with Crippen LogP contribution in [0.5, 0.6) is 5.75 Å². The van der Waals surface area contributed by atoms with Crippen LogP contribution in [0, 0.1) is 12.3 Å². The van der Waals surface area contributed by atoms with E-state index >= 15 is 0 Å². The highest BCUT2D eigenvalue weighted by atomic mass is 32.1. The second kappa shape index (κ2) is 9.42. The van der Waals surface area contributed by atoms with E-state index in [1.807, 2.05) is 39.8 Å². The molecule has 0 spiro atoms. The maximum atomic E-state index is 13.4. The monoisotopic (exact) mass is 484 g/mol. The topological polar surface area (TPSA) is 119 Å². The number of hydrogen-bond donors (Lipinski definition) is 4. The molecule has 0 aliphatic rings. The molecule has 0 saturated carbocycles. The lowest BCUT2D eigenvalue weighted by Crippen LogP contribution is -2.81. The van der Waals surface area contributed by atoms with Crippen molar-refractivity contribution >= 4 is 34.6 Å². The van der Waals surface area contributed by atoms with Crippen LogP contribution in [0.2, 0.25) is 0 Å². The van der Waals surface area contributed by atoms with Crippen molar-refractivity contribution in [1.82, 2.24) is 4.90 Å². The number of hydrogen-bond acceptors (Lipinski definition) is 4. The normalized spacial score (nSPS) is 14.3. The van der Waals surface area contributed by atoms with Crippen LogP contribution in [-0.2, 0) is 6.18 Å². The Hall–Kier alpha value is -3.08. The third-order valence-electron chi connectivity index (χ3n) is 4.81. The molecule has 11 heteroatoms. The van der Waals surface area contributed by atoms with Crippen molar-refractivity contribution in [3.05, 3.63) is 45.1 Å². The molecule has 1 amide bonds. The zero-order valence-corrected chi connectivity index (χ0v) is 20.1. The number of benzene rings is 1. The Morgan fingerprint density at radius 2 is 1.76 bits per heavy atom. The first-order valence-corrected chi connectivity index (χ1v) is 10.8. The predicted octanol–water partition coefficient (Wildman–Crippen LogP) is 2.70. The Labute approximate surface area is 194 Å². The van der Waals surface area contributed by atoms with Gasteiger partial charge in [-0.2, -0.15) is 13.2 Å². The molecular formula is C22H29F3N5O2S+. The molecule has 0 aliphatic heterocycles. The van der Waals surface area contributed by atoms with E-state index in [9.17, 15) is 23.1 Å². The summed E-state index contributed by atoms with van der Waals surface area (Å²) < 4.78 is 40.3. The molecule has 2 rings (SSSR count). The molecule has 6 N–H and O–H groups in total. The van der Waals surface area contributed by atoms with Gasteiger partial charge >= 0.3 is 12.0 Å². The number of thiophene rings is 1. The van der Waals surface area contributed by atoms with Crippen LogP contribution in [0.4, 0.5) is 18.9 Å². The van der Waals surface area contributed by atoms with Crippen LogP contribution in [0.25, 0.3) is 0 Å². The van der Waals surface area contributed by atoms with Gasteiger partial charge in [-0.15, -0.1) is 11.3 Å². The van der Waals surface area contributed by atoms with E-state index in [1.54, 1.807) is 11.3 Å². The summed E-state index contributed by atoms with van der Waals surface area (Å²) in [6, 6.07) is 5.35. The third kappa shape index (κ3) is 6.04. The minimum atomic E-state index is -4.85. The second-order valence-corrected chi connectivity index (χ2v) is 10.2. The number of aliphatic imine (C=N–C) groups is 1. The minimum absolute atomic E-state index is 0.0132. The maximum absolute atomic E-state index is 13.4. The van der Waals surface area contributed by atoms with Gasteiger partial charge in [-0.1, -0.05) is 20.8 Å². The number of carbonyl (C=O) groups is 1. The second-order valence-electron chi connectivity index (χ2n) is 8.86. The molecule has 1 heterocycles. The number of alkyl halides is 3. The number of nitrogens with two attached hydrogens (primary N) is 2. The molecule has 2 aromatic rings. The molecule has 0 unspecified atom stereocenters. The van der Waals surface area contributed by atoms with Crippen molar-refractivity contribution in [3.63, 3.8) is 0 Å². The lowest BCUT2D eigenvalue weighted by molar-refractivity contribution is -0.528. The molecule has 7 nitrogen and oxygen atoms in total. The molecule has 0 saturated heterocycles. The fourth-order valence-corrected chi connectivity index (χ4v) is 4.26. The number of amidine groups is 2. The average Bonchev–Trinajstić information content (AvgIpc) is 3.10. The smallest absolute Gasteiger partial charge is 0.417 e. The molecule has 0 radical (unpaired) electrons. The molecule has 0 fully saturated rings. The number of rotatable bonds is 4. The van der Waals surface area contributed by atoms with Crippen molar-refractivity contribution in [2.24, 2.45) is 21.9 Å². The van der Waals surface area contributed by atoms with Gasteiger partial charge < -0.3 is 15.7 Å². The van der Waals surface area contributed by atoms with Gasteiger partial charge in [0.05, 0.1) is 11.1 Å². The summed E-state index contributed by atoms with van der Waals surface area (Å²) in [5.41, 5.74) is 9.37. The first kappa shape index (κ1) is 26.2. The number of amides is 1. The van der Waals surface area contributed by atoms with E-state index in [2.05, 4.69) is 9.98 Å². The van der Waals surface area contributed by atoms with Gasteiger partial charge in [0.15, 0.2) is 5.75 Å². The van der Waals surface area contributed by atoms with Gasteiger partial charge in [0, 0.05) is 29.3 Å². The van der Waals surface area contributed by atoms with Crippen molar-refractivity contribution < 1.29 is 28.1 Å². The van der Waals surface area contributed by atoms with E-state index in [-0.39, 0.29) is 28.8 Å². The predicted molar refractivity (Wildman–Crippen MR) is 124 cm³/mol. The van der Waals surface area contributed by atoms with Gasteiger partial charge in [-0.05, 0) is 31.2 Å². The van der Waals surface area contributed by atoms with E-state index in [0.717, 1.165) is 20.7 Å². The molecule has 180 valence electrons. The van der Waals surface area contributed by atoms with Crippen LogP contribution in [0.1, 0.15) is 52.5 Å². The number of phenols is 1. The maximum Gasteiger partial charge on any atom is 0.417 e. The zero-order valence-electron chi connectivity index (χ0n) is 19.3. The molecule has 1 aromatic carbocycles. The van der Waals surface area contributed by atoms with E-state index in [4.69, 9.17) is 11.5 Å². The van der Waals surface area contributed by atoms with Gasteiger partial charge in [0.2, 0.25) is 5.84 Å². The first-order chi connectivity index (χ1) is 15.0. The van der Waals surface area contributed by atoms with Crippen LogP contribution >= 0.6 is 11.3 Å². The van der Waals surface area contributed by atoms with E-state index in [0.29, 0.717) is 6.07 Å². The molecule has 0 bridgehead atoms. The van der Waals surface area contributed by atoms with Gasteiger partial charge in [-0.3, -0.25) is 15.5 Å². The van der Waals surface area contributed by atoms with Crippen molar-refractivity contribution in [3.8, 4) is 5.75 Å². The van der Waals surface area contributed by atoms with Crippen molar-refractivity contribution in [1.29, 1.82) is 0 Å². The highest BCUT2D eigenvalue weighted by molar-refractivity contribution is 7.12. The van der Waals surface area contributed by atoms with Crippen molar-refractivity contribution in [2.75, 3.05) is 14.1 Å². The fourth-order valence-electron chi connectivity index (χ4n) is 3.09. The lowest BCUT2D eigenvalue weighted by atomic mass is 9.86. The summed E-state index contributed by atoms with van der Waals surface area (Å²) in [6.45, 7) is 8.03. The Balaban J connectivity index is 2.57. The summed E-state index contributed by atoms with van der Waals surface area (Å²) in [5, 5.41) is 10.5. The number of halogens is 3. The molecule has 1 atom stereocenters. The minimum Gasteiger partial charge on any atom is -0.505 e. The van der Waals surface area contributed by atoms with Crippen LogP contribution in [-0.4, -0.2) is 41.7 Å². The van der Waals surface area contributed by atoms with Crippen LogP contribution in [0.15, 0.2) is 29.3 Å². The molecule has 33 heavy (non-hydrogen) atoms. The van der Waals surface area contributed by atoms with Gasteiger partial charge in [0.1, 0.15) is 11.7 Å². The fraction of sp³-hybridized carbons (Fsp3) is 0.409. The number of carbonyl (C=O) groups excluding carboxylic acids is 1. The number of aryl methyl sites for hydroxylation is 1. The Morgan fingerprint density at radius 3 is 2.21 bits per heavy atom. The zero-order chi connectivity index (χ0) is 25.3. The first-order valence-electron chi connectivity index (χ1n) is 9.98. The number of nitrogens with one attached hydrogen (secondary N) is 1. The largest absolute Gasteiger partial charge is 0.505 e. The van der Waals surface area contributed by atoms with Crippen molar-refractivity contribution in [2.45, 2.75) is 39.9 Å². The van der Waals surface area contributed by atoms with Crippen LogP contribution in [0.3, 0.4) is 0 Å². The Kier molecular flexibility index (Phi) is 7.47. The van der Waals surface area contributed by atoms with Gasteiger partial charge in [0.25, 0.3) is 5.91 Å². The van der Waals surface area contributed by atoms with Gasteiger partial charge in [-0.25, -0.2) is 4.99 Å². The average molecular weight is 485 g/mol. The summed E-state index contributed by atoms with van der Waals surface area (Å²) in [4.78, 5) is 22.6. The summed E-state index contributed by atoms with van der Waals surface area (Å²) in [5.74, 6) is -2.21. The Bertz CT molecular complexity index is 1100.